The minimum absolute atomic E-state index is 0.00921. The van der Waals surface area contributed by atoms with E-state index in [9.17, 15) is 4.79 Å². The zero-order valence-electron chi connectivity index (χ0n) is 13.9. The highest BCUT2D eigenvalue weighted by Crippen LogP contribution is 2.39. The third-order valence-electron chi connectivity index (χ3n) is 4.73. The number of nitrogens with one attached hydrogen (secondary N) is 2. The van der Waals surface area contributed by atoms with Gasteiger partial charge >= 0.3 is 0 Å². The van der Waals surface area contributed by atoms with Gasteiger partial charge in [0, 0.05) is 18.2 Å². The number of rotatable bonds is 2. The zero-order chi connectivity index (χ0) is 16.7. The standard InChI is InChI=1S/C20H21N3O/c1-13(2)23-12-15-18(14-8-4-3-5-9-14)21-16-10-6-7-11-17(16)22-19(15)20(23)24/h3-11,13,18,21-22H,12H2,1-2H3. The van der Waals surface area contributed by atoms with Crippen molar-refractivity contribution in [2.75, 3.05) is 17.2 Å². The monoisotopic (exact) mass is 319 g/mol. The molecule has 2 aromatic carbocycles. The molecule has 0 saturated carbocycles. The van der Waals surface area contributed by atoms with Gasteiger partial charge in [0.15, 0.2) is 0 Å². The molecule has 0 aliphatic carbocycles. The zero-order valence-corrected chi connectivity index (χ0v) is 13.9. The van der Waals surface area contributed by atoms with Gasteiger partial charge in [0.25, 0.3) is 5.91 Å². The SMILES string of the molecule is CC(C)N1CC2=C(Nc3ccccc3NC2c2ccccc2)C1=O. The average molecular weight is 319 g/mol. The summed E-state index contributed by atoms with van der Waals surface area (Å²) in [5.41, 5.74) is 4.96. The Bertz CT molecular complexity index is 811. The quantitative estimate of drug-likeness (QED) is 0.885. The van der Waals surface area contributed by atoms with E-state index >= 15 is 0 Å². The highest BCUT2D eigenvalue weighted by molar-refractivity contribution is 6.02. The summed E-state index contributed by atoms with van der Waals surface area (Å²) >= 11 is 0. The Morgan fingerprint density at radius 3 is 2.38 bits per heavy atom. The number of carbonyl (C=O) groups is 1. The number of anilines is 2. The van der Waals surface area contributed by atoms with E-state index in [-0.39, 0.29) is 18.0 Å². The number of hydrogen-bond acceptors (Lipinski definition) is 3. The van der Waals surface area contributed by atoms with E-state index in [1.165, 1.54) is 5.56 Å². The molecule has 1 unspecified atom stereocenters. The van der Waals surface area contributed by atoms with Crippen molar-refractivity contribution in [3.05, 3.63) is 71.4 Å². The number of hydrogen-bond donors (Lipinski definition) is 2. The maximum absolute atomic E-state index is 12.9. The molecule has 24 heavy (non-hydrogen) atoms. The summed E-state index contributed by atoms with van der Waals surface area (Å²) in [7, 11) is 0. The van der Waals surface area contributed by atoms with Crippen LogP contribution >= 0.6 is 0 Å². The van der Waals surface area contributed by atoms with Crippen LogP contribution in [0.2, 0.25) is 0 Å². The van der Waals surface area contributed by atoms with E-state index in [0.29, 0.717) is 6.54 Å². The lowest BCUT2D eigenvalue weighted by atomic mass is 9.98. The molecular formula is C20H21N3O. The van der Waals surface area contributed by atoms with Crippen LogP contribution in [-0.2, 0) is 4.79 Å². The topological polar surface area (TPSA) is 44.4 Å². The normalized spacial score (nSPS) is 19.5. The molecule has 2 aliphatic rings. The van der Waals surface area contributed by atoms with E-state index in [2.05, 4.69) is 36.6 Å². The number of fused-ring (bicyclic) bond motifs is 1. The summed E-state index contributed by atoms with van der Waals surface area (Å²) in [6, 6.07) is 18.5. The minimum Gasteiger partial charge on any atom is -0.373 e. The van der Waals surface area contributed by atoms with Crippen LogP contribution in [0.1, 0.15) is 25.5 Å². The van der Waals surface area contributed by atoms with Crippen LogP contribution in [0.25, 0.3) is 0 Å². The summed E-state index contributed by atoms with van der Waals surface area (Å²) in [6.45, 7) is 4.77. The second-order valence-corrected chi connectivity index (χ2v) is 6.59. The first-order valence-corrected chi connectivity index (χ1v) is 8.36. The van der Waals surface area contributed by atoms with Crippen LogP contribution in [0, 0.1) is 0 Å². The van der Waals surface area contributed by atoms with Crippen LogP contribution in [0.4, 0.5) is 11.4 Å². The number of para-hydroxylation sites is 2. The Kier molecular flexibility index (Phi) is 3.53. The fraction of sp³-hybridized carbons (Fsp3) is 0.250. The van der Waals surface area contributed by atoms with E-state index in [4.69, 9.17) is 0 Å². The molecule has 0 saturated heterocycles. The van der Waals surface area contributed by atoms with Gasteiger partial charge in [-0.3, -0.25) is 4.79 Å². The molecule has 2 aliphatic heterocycles. The molecule has 2 heterocycles. The molecular weight excluding hydrogens is 298 g/mol. The number of amides is 1. The fourth-order valence-corrected chi connectivity index (χ4v) is 3.43. The van der Waals surface area contributed by atoms with Crippen LogP contribution in [0.15, 0.2) is 65.9 Å². The molecule has 0 aromatic heterocycles. The molecule has 1 amide bonds. The second-order valence-electron chi connectivity index (χ2n) is 6.59. The van der Waals surface area contributed by atoms with Gasteiger partial charge in [0.2, 0.25) is 0 Å². The van der Waals surface area contributed by atoms with Crippen molar-refractivity contribution in [3.63, 3.8) is 0 Å². The van der Waals surface area contributed by atoms with Crippen molar-refractivity contribution in [2.24, 2.45) is 0 Å². The van der Waals surface area contributed by atoms with Crippen molar-refractivity contribution in [3.8, 4) is 0 Å². The van der Waals surface area contributed by atoms with E-state index < -0.39 is 0 Å². The number of benzene rings is 2. The molecule has 0 bridgehead atoms. The molecule has 4 heteroatoms. The van der Waals surface area contributed by atoms with Crippen molar-refractivity contribution in [2.45, 2.75) is 25.9 Å². The van der Waals surface area contributed by atoms with Gasteiger partial charge in [-0.15, -0.1) is 0 Å². The number of carbonyl (C=O) groups excluding carboxylic acids is 1. The first kappa shape index (κ1) is 14.8. The van der Waals surface area contributed by atoms with E-state index in [0.717, 1.165) is 22.6 Å². The second kappa shape index (κ2) is 5.71. The molecule has 4 nitrogen and oxygen atoms in total. The molecule has 0 fully saturated rings. The predicted octanol–water partition coefficient (Wildman–Crippen LogP) is 3.77. The molecule has 0 spiro atoms. The lowest BCUT2D eigenvalue weighted by molar-refractivity contribution is -0.126. The summed E-state index contributed by atoms with van der Waals surface area (Å²) in [6.07, 6.45) is 0. The third kappa shape index (κ3) is 2.35. The summed E-state index contributed by atoms with van der Waals surface area (Å²) in [4.78, 5) is 14.8. The van der Waals surface area contributed by atoms with Gasteiger partial charge in [0.05, 0.1) is 17.4 Å². The van der Waals surface area contributed by atoms with Crippen LogP contribution in [-0.4, -0.2) is 23.4 Å². The molecule has 1 atom stereocenters. The Balaban J connectivity index is 1.84. The van der Waals surface area contributed by atoms with Crippen LogP contribution in [0.5, 0.6) is 0 Å². The molecule has 122 valence electrons. The Morgan fingerprint density at radius 1 is 1.00 bits per heavy atom. The molecule has 2 aromatic rings. The van der Waals surface area contributed by atoms with Crippen LogP contribution < -0.4 is 10.6 Å². The lowest BCUT2D eigenvalue weighted by Crippen LogP contribution is -2.35. The van der Waals surface area contributed by atoms with Crippen molar-refractivity contribution >= 4 is 17.3 Å². The first-order valence-electron chi connectivity index (χ1n) is 8.36. The van der Waals surface area contributed by atoms with Gasteiger partial charge in [-0.2, -0.15) is 0 Å². The fourth-order valence-electron chi connectivity index (χ4n) is 3.43. The van der Waals surface area contributed by atoms with Gasteiger partial charge in [0.1, 0.15) is 5.70 Å². The number of nitrogens with zero attached hydrogens (tertiary/aromatic N) is 1. The summed E-state index contributed by atoms with van der Waals surface area (Å²) < 4.78 is 0. The minimum atomic E-state index is -0.00921. The maximum atomic E-state index is 12.9. The summed E-state index contributed by atoms with van der Waals surface area (Å²) in [5.74, 6) is 0.0828. The summed E-state index contributed by atoms with van der Waals surface area (Å²) in [5, 5.41) is 7.01. The van der Waals surface area contributed by atoms with Crippen molar-refractivity contribution in [1.29, 1.82) is 0 Å². The molecule has 2 N–H and O–H groups in total. The molecule has 0 radical (unpaired) electrons. The first-order chi connectivity index (χ1) is 11.6. The van der Waals surface area contributed by atoms with Crippen molar-refractivity contribution in [1.82, 2.24) is 4.90 Å². The Labute approximate surface area is 142 Å². The van der Waals surface area contributed by atoms with Gasteiger partial charge < -0.3 is 15.5 Å². The van der Waals surface area contributed by atoms with Gasteiger partial charge in [-0.05, 0) is 31.5 Å². The van der Waals surface area contributed by atoms with E-state index in [1.807, 2.05) is 47.4 Å². The largest absolute Gasteiger partial charge is 0.373 e. The Morgan fingerprint density at radius 2 is 1.67 bits per heavy atom. The van der Waals surface area contributed by atoms with Gasteiger partial charge in [-0.25, -0.2) is 0 Å². The van der Waals surface area contributed by atoms with E-state index in [1.54, 1.807) is 0 Å². The van der Waals surface area contributed by atoms with Gasteiger partial charge in [-0.1, -0.05) is 42.5 Å². The Hall–Kier alpha value is -2.75. The highest BCUT2D eigenvalue weighted by atomic mass is 16.2. The third-order valence-corrected chi connectivity index (χ3v) is 4.73. The molecule has 4 rings (SSSR count). The average Bonchev–Trinajstić information content (AvgIpc) is 2.82. The lowest BCUT2D eigenvalue weighted by Gasteiger charge is -2.25. The smallest absolute Gasteiger partial charge is 0.270 e. The van der Waals surface area contributed by atoms with Crippen molar-refractivity contribution < 1.29 is 4.79 Å². The predicted molar refractivity (Wildman–Crippen MR) is 96.7 cm³/mol. The van der Waals surface area contributed by atoms with Crippen LogP contribution in [0.3, 0.4) is 0 Å². The maximum Gasteiger partial charge on any atom is 0.270 e. The highest BCUT2D eigenvalue weighted by Gasteiger charge is 2.38.